The maximum Gasteiger partial charge on any atom is 0.524 e. The molecule has 0 aromatic heterocycles. The van der Waals surface area contributed by atoms with E-state index < -0.39 is 7.82 Å². The molecule has 0 spiro atoms. The van der Waals surface area contributed by atoms with Gasteiger partial charge in [-0.05, 0) is 12.1 Å². The van der Waals surface area contributed by atoms with Gasteiger partial charge in [0.1, 0.15) is 11.5 Å². The molecule has 2 aromatic carbocycles. The molecular formula is C10H9O5P. The van der Waals surface area contributed by atoms with Gasteiger partial charge in [-0.15, -0.1) is 0 Å². The van der Waals surface area contributed by atoms with E-state index in [0.717, 1.165) is 0 Å². The molecule has 16 heavy (non-hydrogen) atoms. The highest BCUT2D eigenvalue weighted by atomic mass is 31.2. The Morgan fingerprint density at radius 1 is 1.00 bits per heavy atom. The summed E-state index contributed by atoms with van der Waals surface area (Å²) in [5.74, 6) is 0.0791. The number of hydrogen-bond acceptors (Lipinski definition) is 3. The monoisotopic (exact) mass is 240 g/mol. The van der Waals surface area contributed by atoms with Crippen LogP contribution in [0, 0.1) is 0 Å². The third-order valence-electron chi connectivity index (χ3n) is 2.08. The lowest BCUT2D eigenvalue weighted by atomic mass is 10.1. The summed E-state index contributed by atoms with van der Waals surface area (Å²) in [6.45, 7) is 0. The average molecular weight is 240 g/mol. The zero-order valence-corrected chi connectivity index (χ0v) is 8.96. The fourth-order valence-corrected chi connectivity index (χ4v) is 1.88. The van der Waals surface area contributed by atoms with Gasteiger partial charge in [-0.25, -0.2) is 4.57 Å². The molecule has 0 heterocycles. The Balaban J connectivity index is 2.63. The quantitative estimate of drug-likeness (QED) is 0.699. The molecule has 0 aliphatic heterocycles. The molecule has 5 nitrogen and oxygen atoms in total. The number of benzene rings is 2. The van der Waals surface area contributed by atoms with E-state index >= 15 is 0 Å². The topological polar surface area (TPSA) is 87.0 Å². The molecule has 0 aliphatic carbocycles. The van der Waals surface area contributed by atoms with Crippen LogP contribution in [0.3, 0.4) is 0 Å². The first-order valence-corrected chi connectivity index (χ1v) is 5.96. The van der Waals surface area contributed by atoms with Gasteiger partial charge in [-0.2, -0.15) is 0 Å². The van der Waals surface area contributed by atoms with E-state index in [4.69, 9.17) is 9.79 Å². The fourth-order valence-electron chi connectivity index (χ4n) is 1.46. The lowest BCUT2D eigenvalue weighted by molar-refractivity contribution is 0.284. The molecule has 0 saturated carbocycles. The van der Waals surface area contributed by atoms with Crippen molar-refractivity contribution in [3.8, 4) is 11.5 Å². The molecular weight excluding hydrogens is 231 g/mol. The van der Waals surface area contributed by atoms with Crippen LogP contribution in [-0.2, 0) is 4.57 Å². The Kier molecular flexibility index (Phi) is 2.59. The first-order valence-electron chi connectivity index (χ1n) is 4.43. The van der Waals surface area contributed by atoms with Gasteiger partial charge in [0.25, 0.3) is 0 Å². The molecule has 6 heteroatoms. The lowest BCUT2D eigenvalue weighted by Gasteiger charge is -2.10. The predicted molar refractivity (Wildman–Crippen MR) is 58.3 cm³/mol. The first-order chi connectivity index (χ1) is 7.47. The van der Waals surface area contributed by atoms with Crippen molar-refractivity contribution in [2.45, 2.75) is 0 Å². The van der Waals surface area contributed by atoms with Crippen LogP contribution in [0.2, 0.25) is 0 Å². The second kappa shape index (κ2) is 3.79. The highest BCUT2D eigenvalue weighted by Gasteiger charge is 2.18. The molecule has 2 aromatic rings. The maximum atomic E-state index is 10.7. The molecule has 0 unspecified atom stereocenters. The van der Waals surface area contributed by atoms with E-state index in [1.54, 1.807) is 24.3 Å². The van der Waals surface area contributed by atoms with E-state index in [1.165, 1.54) is 12.1 Å². The third kappa shape index (κ3) is 2.17. The van der Waals surface area contributed by atoms with Crippen molar-refractivity contribution in [1.29, 1.82) is 0 Å². The highest BCUT2D eigenvalue weighted by Crippen LogP contribution is 2.42. The van der Waals surface area contributed by atoms with E-state index in [9.17, 15) is 9.67 Å². The van der Waals surface area contributed by atoms with Gasteiger partial charge < -0.3 is 9.63 Å². The largest absolute Gasteiger partial charge is 0.524 e. The van der Waals surface area contributed by atoms with E-state index in [1.807, 2.05) is 0 Å². The molecule has 0 saturated heterocycles. The standard InChI is InChI=1S/C10H9O5P/c11-9-5-6-10(15-16(12,13)14)8-4-2-1-3-7(8)9/h1-6,11H,(H2,12,13,14). The smallest absolute Gasteiger partial charge is 0.507 e. The molecule has 3 N–H and O–H groups in total. The van der Waals surface area contributed by atoms with Gasteiger partial charge in [0.2, 0.25) is 0 Å². The van der Waals surface area contributed by atoms with Crippen LogP contribution >= 0.6 is 7.82 Å². The van der Waals surface area contributed by atoms with Crippen molar-refractivity contribution in [2.24, 2.45) is 0 Å². The van der Waals surface area contributed by atoms with Gasteiger partial charge in [-0.1, -0.05) is 24.3 Å². The zero-order valence-electron chi connectivity index (χ0n) is 8.07. The van der Waals surface area contributed by atoms with Crippen molar-refractivity contribution >= 4 is 18.6 Å². The number of phosphoric ester groups is 1. The summed E-state index contributed by atoms with van der Waals surface area (Å²) in [4.78, 5) is 17.5. The lowest BCUT2D eigenvalue weighted by Crippen LogP contribution is -1.91. The first kappa shape index (κ1) is 11.0. The number of phenolic OH excluding ortho intramolecular Hbond substituents is 1. The van der Waals surface area contributed by atoms with Crippen LogP contribution in [-0.4, -0.2) is 14.9 Å². The summed E-state index contributed by atoms with van der Waals surface area (Å²) in [5, 5.41) is 10.5. The van der Waals surface area contributed by atoms with Crippen LogP contribution in [0.4, 0.5) is 0 Å². The normalized spacial score (nSPS) is 11.6. The van der Waals surface area contributed by atoms with Crippen molar-refractivity contribution in [2.75, 3.05) is 0 Å². The molecule has 0 radical (unpaired) electrons. The highest BCUT2D eigenvalue weighted by molar-refractivity contribution is 7.46. The number of fused-ring (bicyclic) bond motifs is 1. The van der Waals surface area contributed by atoms with Crippen LogP contribution < -0.4 is 4.52 Å². The van der Waals surface area contributed by atoms with Crippen molar-refractivity contribution in [3.63, 3.8) is 0 Å². The van der Waals surface area contributed by atoms with Gasteiger partial charge in [0.05, 0.1) is 0 Å². The number of hydrogen-bond donors (Lipinski definition) is 3. The average Bonchev–Trinajstić information content (AvgIpc) is 2.21. The summed E-state index contributed by atoms with van der Waals surface area (Å²) in [6.07, 6.45) is 0. The fraction of sp³-hybridized carbons (Fsp3) is 0. The van der Waals surface area contributed by atoms with E-state index in [2.05, 4.69) is 4.52 Å². The summed E-state index contributed by atoms with van der Waals surface area (Å²) in [6, 6.07) is 9.29. The number of phenols is 1. The van der Waals surface area contributed by atoms with Gasteiger partial charge >= 0.3 is 7.82 Å². The maximum absolute atomic E-state index is 10.7. The van der Waals surface area contributed by atoms with Crippen LogP contribution in [0.15, 0.2) is 36.4 Å². The minimum atomic E-state index is -4.59. The third-order valence-corrected chi connectivity index (χ3v) is 2.51. The van der Waals surface area contributed by atoms with Crippen LogP contribution in [0.25, 0.3) is 10.8 Å². The molecule has 0 bridgehead atoms. The number of aromatic hydroxyl groups is 1. The van der Waals surface area contributed by atoms with Gasteiger partial charge in [0, 0.05) is 10.8 Å². The zero-order chi connectivity index (χ0) is 11.8. The summed E-state index contributed by atoms with van der Waals surface area (Å²) in [7, 11) is -4.59. The van der Waals surface area contributed by atoms with Crippen LogP contribution in [0.5, 0.6) is 11.5 Å². The van der Waals surface area contributed by atoms with Gasteiger partial charge in [0.15, 0.2) is 0 Å². The SMILES string of the molecule is O=P(O)(O)Oc1ccc(O)c2ccccc12. The van der Waals surface area contributed by atoms with Crippen LogP contribution in [0.1, 0.15) is 0 Å². The molecule has 0 amide bonds. The molecule has 84 valence electrons. The second-order valence-corrected chi connectivity index (χ2v) is 4.37. The molecule has 2 rings (SSSR count). The number of rotatable bonds is 2. The summed E-state index contributed by atoms with van der Waals surface area (Å²) in [5.41, 5.74) is 0. The molecule has 0 atom stereocenters. The Morgan fingerprint density at radius 3 is 2.25 bits per heavy atom. The number of phosphoric acid groups is 1. The predicted octanol–water partition coefficient (Wildman–Crippen LogP) is 2.02. The minimum Gasteiger partial charge on any atom is -0.507 e. The van der Waals surface area contributed by atoms with Crippen molar-refractivity contribution < 1.29 is 24.0 Å². The van der Waals surface area contributed by atoms with Crippen molar-refractivity contribution in [3.05, 3.63) is 36.4 Å². The summed E-state index contributed by atoms with van der Waals surface area (Å²) >= 11 is 0. The minimum absolute atomic E-state index is 0.0358. The summed E-state index contributed by atoms with van der Waals surface area (Å²) < 4.78 is 15.3. The van der Waals surface area contributed by atoms with Crippen molar-refractivity contribution in [1.82, 2.24) is 0 Å². The Morgan fingerprint density at radius 2 is 1.62 bits per heavy atom. The van der Waals surface area contributed by atoms with E-state index in [0.29, 0.717) is 10.8 Å². The van der Waals surface area contributed by atoms with E-state index in [-0.39, 0.29) is 11.5 Å². The Hall–Kier alpha value is -1.55. The van der Waals surface area contributed by atoms with Gasteiger partial charge in [-0.3, -0.25) is 9.79 Å². The molecule has 0 fully saturated rings. The Bertz CT molecular complexity index is 574. The Labute approximate surface area is 91.2 Å². The second-order valence-electron chi connectivity index (χ2n) is 3.21. The molecule has 0 aliphatic rings.